The van der Waals surface area contributed by atoms with E-state index < -0.39 is 29.6 Å². The van der Waals surface area contributed by atoms with Crippen molar-refractivity contribution in [3.05, 3.63) is 57.7 Å². The summed E-state index contributed by atoms with van der Waals surface area (Å²) in [5.41, 5.74) is 10.9. The number of hydrazine groups is 1. The Balaban J connectivity index is 1.18. The Labute approximate surface area is 387 Å². The molecule has 6 bridgehead atoms. The van der Waals surface area contributed by atoms with E-state index in [0.29, 0.717) is 55.9 Å². The Morgan fingerprint density at radius 3 is 2.68 bits per heavy atom. The Morgan fingerprint density at radius 2 is 1.92 bits per heavy atom. The summed E-state index contributed by atoms with van der Waals surface area (Å²) >= 11 is 1.42. The Morgan fingerprint density at radius 1 is 1.11 bits per heavy atom. The smallest absolute Gasteiger partial charge is 0.324 e. The number of nitrogens with zero attached hydrogens (tertiary/aromatic N) is 5. The van der Waals surface area contributed by atoms with Crippen LogP contribution in [0.1, 0.15) is 114 Å². The summed E-state index contributed by atoms with van der Waals surface area (Å²) in [6.45, 7) is 19.7. The van der Waals surface area contributed by atoms with Gasteiger partial charge in [0.2, 0.25) is 5.91 Å². The minimum atomic E-state index is -1.08. The molecule has 1 aliphatic carbocycles. The van der Waals surface area contributed by atoms with Gasteiger partial charge in [0, 0.05) is 84.3 Å². The van der Waals surface area contributed by atoms with Gasteiger partial charge in [0.1, 0.15) is 23.2 Å². The number of piperidine rings is 1. The summed E-state index contributed by atoms with van der Waals surface area (Å²) < 4.78 is 27.0. The topological polar surface area (TPSA) is 149 Å². The third kappa shape index (κ3) is 9.01. The van der Waals surface area contributed by atoms with Crippen LogP contribution in [0.3, 0.4) is 0 Å². The number of esters is 1. The number of cyclic esters (lactones) is 1. The predicted molar refractivity (Wildman–Crippen MR) is 250 cm³/mol. The molecule has 5 aliphatic rings. The Bertz CT molecular complexity index is 2410. The molecular weight excluding hydrogens is 843 g/mol. The normalized spacial score (nSPS) is 28.9. The number of benzene rings is 1. The molecule has 0 unspecified atom stereocenters. The number of morpholine rings is 1. The fourth-order valence-corrected chi connectivity index (χ4v) is 11.8. The number of aromatic nitrogens is 3. The maximum atomic E-state index is 14.6. The monoisotopic (exact) mass is 909 g/mol. The number of rotatable bonds is 9. The summed E-state index contributed by atoms with van der Waals surface area (Å²) in [5.74, 6) is -0.377. The molecule has 4 aliphatic heterocycles. The molecule has 1 aromatic carbocycles. The first-order valence-corrected chi connectivity index (χ1v) is 24.8. The number of nitrogens with one attached hydrogen (secondary N) is 2. The summed E-state index contributed by atoms with van der Waals surface area (Å²) in [4.78, 5) is 55.5. The van der Waals surface area contributed by atoms with Gasteiger partial charge in [-0.3, -0.25) is 29.3 Å². The molecule has 15 heteroatoms. The Hall–Kier alpha value is -4.25. The highest BCUT2D eigenvalue weighted by Gasteiger charge is 2.50. The molecule has 7 heterocycles. The number of hydrogen-bond acceptors (Lipinski definition) is 12. The van der Waals surface area contributed by atoms with Crippen molar-refractivity contribution in [2.24, 2.45) is 23.2 Å². The van der Waals surface area contributed by atoms with E-state index in [1.807, 2.05) is 12.3 Å². The van der Waals surface area contributed by atoms with Crippen molar-refractivity contribution in [2.75, 3.05) is 53.2 Å². The van der Waals surface area contributed by atoms with E-state index in [2.05, 4.69) is 92.2 Å². The quantitative estimate of drug-likeness (QED) is 0.164. The second kappa shape index (κ2) is 18.8. The van der Waals surface area contributed by atoms with Gasteiger partial charge in [-0.25, -0.2) is 10.4 Å². The van der Waals surface area contributed by atoms with Crippen LogP contribution >= 0.6 is 11.3 Å². The van der Waals surface area contributed by atoms with Crippen LogP contribution in [0.5, 0.6) is 0 Å². The maximum absolute atomic E-state index is 14.6. The molecule has 1 saturated carbocycles. The highest BCUT2D eigenvalue weighted by Crippen LogP contribution is 2.47. The fourth-order valence-electron chi connectivity index (χ4n) is 10.9. The van der Waals surface area contributed by atoms with E-state index in [4.69, 9.17) is 28.9 Å². The highest BCUT2D eigenvalue weighted by atomic mass is 32.1. The lowest BCUT2D eigenvalue weighted by Crippen LogP contribution is -2.61. The average Bonchev–Trinajstić information content (AvgIpc) is 3.58. The van der Waals surface area contributed by atoms with Gasteiger partial charge in [0.05, 0.1) is 43.0 Å². The van der Waals surface area contributed by atoms with E-state index in [9.17, 15) is 14.4 Å². The molecule has 2 amide bonds. The van der Waals surface area contributed by atoms with Gasteiger partial charge >= 0.3 is 5.97 Å². The fraction of sp³-hybridized carbons (Fsp3) is 0.620. The first-order valence-electron chi connectivity index (χ1n) is 23.9. The molecule has 9 atom stereocenters. The predicted octanol–water partition coefficient (Wildman–Crippen LogP) is 7.22. The molecule has 14 nitrogen and oxygen atoms in total. The van der Waals surface area contributed by atoms with Crippen LogP contribution in [0, 0.1) is 23.2 Å². The zero-order chi connectivity index (χ0) is 45.7. The number of amides is 2. The number of hydrogen-bond donors (Lipinski definition) is 2. The number of thiazole rings is 1. The molecule has 4 fully saturated rings. The summed E-state index contributed by atoms with van der Waals surface area (Å²) in [7, 11) is 1.74. The molecule has 9 rings (SSSR count). The van der Waals surface area contributed by atoms with Gasteiger partial charge in [0.25, 0.3) is 5.91 Å². The third-order valence-corrected chi connectivity index (χ3v) is 15.9. The SMILES string of the molecule is CCO[C@@H]1c2nc(cs2)-c2ccc3c(c2)c(c(-c2cc([C@H]4CCN5CCOC[C@@H]5C4)cnc2[C@H](C)OC)n3CC)CC(C)(C)COC(=O)[C@@H]2CCCN(N2)C(=O)[C@H]1NC(=O)[C@H]1[C@H](C)[C@@H]1C. The zero-order valence-electron chi connectivity index (χ0n) is 39.4. The molecule has 65 heavy (non-hydrogen) atoms. The van der Waals surface area contributed by atoms with Crippen molar-refractivity contribution in [1.29, 1.82) is 0 Å². The van der Waals surface area contributed by atoms with Gasteiger partial charge in [-0.2, -0.15) is 0 Å². The molecule has 0 radical (unpaired) electrons. The summed E-state index contributed by atoms with van der Waals surface area (Å²) in [6, 6.07) is 7.50. The zero-order valence-corrected chi connectivity index (χ0v) is 40.2. The Kier molecular flexibility index (Phi) is 13.3. The van der Waals surface area contributed by atoms with Crippen LogP contribution < -0.4 is 10.7 Å². The van der Waals surface area contributed by atoms with Crippen LogP contribution in [0.15, 0.2) is 35.8 Å². The minimum absolute atomic E-state index is 0.163. The lowest BCUT2D eigenvalue weighted by Gasteiger charge is -2.42. The number of fused-ring (bicyclic) bond motifs is 7. The number of methoxy groups -OCH3 is 1. The second-order valence-corrected chi connectivity index (χ2v) is 20.7. The molecule has 4 aromatic rings. The van der Waals surface area contributed by atoms with E-state index in [1.165, 1.54) is 21.9 Å². The van der Waals surface area contributed by atoms with Gasteiger partial charge in [-0.15, -0.1) is 11.3 Å². The third-order valence-electron chi connectivity index (χ3n) is 15.0. The van der Waals surface area contributed by atoms with Crippen molar-refractivity contribution in [2.45, 2.75) is 123 Å². The lowest BCUT2D eigenvalue weighted by molar-refractivity contribution is -0.156. The number of carbonyl (C=O) groups is 3. The minimum Gasteiger partial charge on any atom is -0.464 e. The number of pyridine rings is 1. The van der Waals surface area contributed by atoms with Crippen molar-refractivity contribution >= 4 is 40.0 Å². The maximum Gasteiger partial charge on any atom is 0.324 e. The van der Waals surface area contributed by atoms with Crippen LogP contribution in [0.2, 0.25) is 0 Å². The van der Waals surface area contributed by atoms with Crippen LogP contribution in [-0.4, -0.2) is 114 Å². The molecule has 0 spiro atoms. The van der Waals surface area contributed by atoms with E-state index in [0.717, 1.165) is 83.8 Å². The van der Waals surface area contributed by atoms with Crippen molar-refractivity contribution in [1.82, 2.24) is 35.2 Å². The van der Waals surface area contributed by atoms with E-state index >= 15 is 0 Å². The van der Waals surface area contributed by atoms with Gasteiger partial charge < -0.3 is 28.8 Å². The van der Waals surface area contributed by atoms with Crippen LogP contribution in [0.4, 0.5) is 0 Å². The van der Waals surface area contributed by atoms with Crippen molar-refractivity contribution in [3.8, 4) is 22.5 Å². The summed E-state index contributed by atoms with van der Waals surface area (Å²) in [5, 5.41) is 8.27. The largest absolute Gasteiger partial charge is 0.464 e. The number of aryl methyl sites for hydroxylation is 1. The number of ether oxygens (including phenoxy) is 4. The second-order valence-electron chi connectivity index (χ2n) is 19.8. The first kappa shape index (κ1) is 45.9. The molecule has 3 saturated heterocycles. The average molecular weight is 910 g/mol. The molecular formula is C50H67N7O7S. The standard InChI is InChI=1S/C50H67N7O7S/c1-9-56-40-14-13-32-21-35(40)37(44(56)36-22-33(24-51-42(36)30(5)61-8)31-15-17-55-18-19-62-25-34(55)20-31)23-50(6,7)27-64-49(60)38-12-11-16-57(54-38)48(59)43(53-46(58)41-28(3)29(41)4)45(63-10-2)47-52-39(32)26-65-47/h13-14,21-22,24,26,28-31,34,38,41,43,45,54H,9-12,15-20,23,25,27H2,1-8H3,(H,53,58)/t28-,29+,30-,31-,34-,38-,41+,43-,45-/m0/s1. The van der Waals surface area contributed by atoms with E-state index in [-0.39, 0.29) is 42.3 Å². The van der Waals surface area contributed by atoms with E-state index in [1.54, 1.807) is 7.11 Å². The molecule has 2 N–H and O–H groups in total. The van der Waals surface area contributed by atoms with Gasteiger partial charge in [-0.05, 0) is 106 Å². The van der Waals surface area contributed by atoms with Crippen LogP contribution in [-0.2, 0) is 46.3 Å². The number of carbonyl (C=O) groups excluding carboxylic acids is 3. The highest BCUT2D eigenvalue weighted by molar-refractivity contribution is 7.10. The molecule has 3 aromatic heterocycles. The van der Waals surface area contributed by atoms with Gasteiger partial charge in [-0.1, -0.05) is 33.8 Å². The van der Waals surface area contributed by atoms with Crippen molar-refractivity contribution in [3.63, 3.8) is 0 Å². The van der Waals surface area contributed by atoms with Gasteiger partial charge in [0.15, 0.2) is 0 Å². The lowest BCUT2D eigenvalue weighted by atomic mass is 9.82. The molecule has 350 valence electrons. The first-order chi connectivity index (χ1) is 31.3. The van der Waals surface area contributed by atoms with Crippen LogP contribution in [0.25, 0.3) is 33.4 Å². The summed E-state index contributed by atoms with van der Waals surface area (Å²) in [6.07, 6.45) is 4.73. The van der Waals surface area contributed by atoms with Crippen molar-refractivity contribution < 1.29 is 33.3 Å².